The van der Waals surface area contributed by atoms with Gasteiger partial charge >= 0.3 is 5.97 Å². The SMILES string of the molecule is COc1cc(CCC(=O)OCC(=O)N2C[C@]3(C)C[C@H]2CC(C)(C)C3)cc(OC)c1OC. The van der Waals surface area contributed by atoms with Crippen molar-refractivity contribution in [3.8, 4) is 17.2 Å². The van der Waals surface area contributed by atoms with Crippen molar-refractivity contribution in [2.45, 2.75) is 58.9 Å². The van der Waals surface area contributed by atoms with Crippen LogP contribution in [0.3, 0.4) is 0 Å². The zero-order valence-electron chi connectivity index (χ0n) is 19.6. The number of aryl methyl sites for hydroxylation is 1. The molecule has 2 bridgehead atoms. The molecule has 7 nitrogen and oxygen atoms in total. The normalized spacial score (nSPS) is 23.9. The third-order valence-electron chi connectivity index (χ3n) is 6.43. The van der Waals surface area contributed by atoms with Crippen molar-refractivity contribution in [1.29, 1.82) is 0 Å². The number of hydrogen-bond donors (Lipinski definition) is 0. The Hall–Kier alpha value is -2.44. The minimum atomic E-state index is -0.393. The second-order valence-electron chi connectivity index (χ2n) is 9.93. The Balaban J connectivity index is 1.53. The second kappa shape index (κ2) is 8.97. The summed E-state index contributed by atoms with van der Waals surface area (Å²) in [5.41, 5.74) is 1.27. The molecule has 1 amide bonds. The highest BCUT2D eigenvalue weighted by molar-refractivity contribution is 5.81. The van der Waals surface area contributed by atoms with Gasteiger partial charge in [-0.15, -0.1) is 0 Å². The van der Waals surface area contributed by atoms with Crippen LogP contribution in [0.15, 0.2) is 12.1 Å². The van der Waals surface area contributed by atoms with Gasteiger partial charge in [-0.2, -0.15) is 0 Å². The molecule has 31 heavy (non-hydrogen) atoms. The van der Waals surface area contributed by atoms with Crippen molar-refractivity contribution < 1.29 is 28.5 Å². The first kappa shape index (κ1) is 23.2. The minimum Gasteiger partial charge on any atom is -0.493 e. The van der Waals surface area contributed by atoms with Crippen LogP contribution in [0.5, 0.6) is 17.2 Å². The molecule has 1 aromatic rings. The molecule has 172 valence electrons. The fourth-order valence-corrected chi connectivity index (χ4v) is 5.57. The summed E-state index contributed by atoms with van der Waals surface area (Å²) in [6.45, 7) is 7.37. The van der Waals surface area contributed by atoms with Gasteiger partial charge in [-0.05, 0) is 54.2 Å². The smallest absolute Gasteiger partial charge is 0.306 e. The first-order valence-electron chi connectivity index (χ1n) is 10.8. The van der Waals surface area contributed by atoms with E-state index in [1.54, 1.807) is 21.3 Å². The maximum absolute atomic E-state index is 12.8. The van der Waals surface area contributed by atoms with Gasteiger partial charge in [0.25, 0.3) is 5.91 Å². The predicted molar refractivity (Wildman–Crippen MR) is 117 cm³/mol. The second-order valence-corrected chi connectivity index (χ2v) is 9.93. The number of nitrogens with zero attached hydrogens (tertiary/aromatic N) is 1. The fraction of sp³-hybridized carbons (Fsp3) is 0.667. The molecule has 1 saturated heterocycles. The number of esters is 1. The predicted octanol–water partition coefficient (Wildman–Crippen LogP) is 3.62. The number of likely N-dealkylation sites (tertiary alicyclic amines) is 1. The van der Waals surface area contributed by atoms with Crippen molar-refractivity contribution in [3.63, 3.8) is 0 Å². The maximum Gasteiger partial charge on any atom is 0.306 e. The highest BCUT2D eigenvalue weighted by Gasteiger charge is 2.50. The van der Waals surface area contributed by atoms with Crippen molar-refractivity contribution in [2.24, 2.45) is 10.8 Å². The topological polar surface area (TPSA) is 74.3 Å². The van der Waals surface area contributed by atoms with Gasteiger partial charge in [-0.1, -0.05) is 20.8 Å². The van der Waals surface area contributed by atoms with E-state index in [9.17, 15) is 9.59 Å². The monoisotopic (exact) mass is 433 g/mol. The highest BCUT2D eigenvalue weighted by Crippen LogP contribution is 2.52. The summed E-state index contributed by atoms with van der Waals surface area (Å²) in [6.07, 6.45) is 3.78. The molecule has 1 aliphatic heterocycles. The van der Waals surface area contributed by atoms with E-state index in [2.05, 4.69) is 20.8 Å². The number of benzene rings is 1. The lowest BCUT2D eigenvalue weighted by molar-refractivity contribution is -0.152. The van der Waals surface area contributed by atoms with Gasteiger partial charge in [0.05, 0.1) is 21.3 Å². The number of amides is 1. The Bertz CT molecular complexity index is 810. The van der Waals surface area contributed by atoms with E-state index >= 15 is 0 Å². The highest BCUT2D eigenvalue weighted by atomic mass is 16.5. The first-order valence-corrected chi connectivity index (χ1v) is 10.8. The lowest BCUT2D eigenvalue weighted by Gasteiger charge is -2.39. The fourth-order valence-electron chi connectivity index (χ4n) is 5.57. The quantitative estimate of drug-likeness (QED) is 0.583. The molecule has 2 atom stereocenters. The largest absolute Gasteiger partial charge is 0.493 e. The summed E-state index contributed by atoms with van der Waals surface area (Å²) in [4.78, 5) is 27.0. The van der Waals surface area contributed by atoms with E-state index in [0.29, 0.717) is 23.7 Å². The van der Waals surface area contributed by atoms with Gasteiger partial charge < -0.3 is 23.8 Å². The van der Waals surface area contributed by atoms with Crippen molar-refractivity contribution in [1.82, 2.24) is 4.90 Å². The van der Waals surface area contributed by atoms with Crippen LogP contribution in [0, 0.1) is 10.8 Å². The average molecular weight is 434 g/mol. The number of ether oxygens (including phenoxy) is 4. The van der Waals surface area contributed by atoms with Crippen LogP contribution >= 0.6 is 0 Å². The van der Waals surface area contributed by atoms with Crippen LogP contribution in [0.4, 0.5) is 0 Å². The van der Waals surface area contributed by atoms with Crippen LogP contribution in [0.1, 0.15) is 52.0 Å². The Morgan fingerprint density at radius 2 is 1.68 bits per heavy atom. The number of methoxy groups -OCH3 is 3. The van der Waals surface area contributed by atoms with Crippen molar-refractivity contribution in [3.05, 3.63) is 17.7 Å². The summed E-state index contributed by atoms with van der Waals surface area (Å²) in [5, 5.41) is 0. The third-order valence-corrected chi connectivity index (χ3v) is 6.43. The van der Waals surface area contributed by atoms with Gasteiger partial charge in [0.2, 0.25) is 5.75 Å². The standard InChI is InChI=1S/C24H35NO6/c1-23(2)11-17-12-24(3,14-23)15-25(17)20(26)13-31-21(27)8-7-16-9-18(28-4)22(30-6)19(10-16)29-5/h9-10,17H,7-8,11-15H2,1-6H3/t17-,24-/m1/s1. The molecule has 0 spiro atoms. The summed E-state index contributed by atoms with van der Waals surface area (Å²) in [7, 11) is 4.65. The van der Waals surface area contributed by atoms with Crippen molar-refractivity contribution >= 4 is 11.9 Å². The molecule has 1 aromatic carbocycles. The third kappa shape index (κ3) is 5.25. The first-order chi connectivity index (χ1) is 14.6. The Labute approximate surface area is 185 Å². The molecule has 0 aromatic heterocycles. The van der Waals surface area contributed by atoms with Crippen LogP contribution in [-0.4, -0.2) is 57.3 Å². The zero-order chi connectivity index (χ0) is 22.8. The molecule has 3 rings (SSSR count). The van der Waals surface area contributed by atoms with Gasteiger partial charge in [-0.3, -0.25) is 9.59 Å². The zero-order valence-corrected chi connectivity index (χ0v) is 19.6. The lowest BCUT2D eigenvalue weighted by Crippen LogP contribution is -2.39. The maximum atomic E-state index is 12.8. The molecule has 1 saturated carbocycles. The van der Waals surface area contributed by atoms with E-state index in [0.717, 1.165) is 31.4 Å². The van der Waals surface area contributed by atoms with E-state index < -0.39 is 5.97 Å². The van der Waals surface area contributed by atoms with Crippen LogP contribution < -0.4 is 14.2 Å². The van der Waals surface area contributed by atoms with Gasteiger partial charge in [0, 0.05) is 19.0 Å². The minimum absolute atomic E-state index is 0.0902. The van der Waals surface area contributed by atoms with Gasteiger partial charge in [-0.25, -0.2) is 0 Å². The molecule has 0 N–H and O–H groups in total. The average Bonchev–Trinajstić information content (AvgIpc) is 2.97. The van der Waals surface area contributed by atoms with Gasteiger partial charge in [0.15, 0.2) is 18.1 Å². The summed E-state index contributed by atoms with van der Waals surface area (Å²) < 4.78 is 21.3. The Morgan fingerprint density at radius 1 is 1.03 bits per heavy atom. The molecule has 0 radical (unpaired) electrons. The summed E-state index contributed by atoms with van der Waals surface area (Å²) in [5.74, 6) is 1.10. The van der Waals surface area contributed by atoms with Crippen LogP contribution in [-0.2, 0) is 20.7 Å². The van der Waals surface area contributed by atoms with Crippen LogP contribution in [0.25, 0.3) is 0 Å². The molecule has 1 aliphatic carbocycles. The molecule has 2 aliphatic rings. The molecule has 0 unspecified atom stereocenters. The van der Waals surface area contributed by atoms with E-state index in [1.807, 2.05) is 17.0 Å². The molecule has 7 heteroatoms. The summed E-state index contributed by atoms with van der Waals surface area (Å²) in [6, 6.07) is 3.87. The number of fused-ring (bicyclic) bond motifs is 2. The number of carbonyl (C=O) groups is 2. The van der Waals surface area contributed by atoms with Crippen LogP contribution in [0.2, 0.25) is 0 Å². The molecular formula is C24H35NO6. The van der Waals surface area contributed by atoms with E-state index in [-0.39, 0.29) is 35.8 Å². The van der Waals surface area contributed by atoms with E-state index in [4.69, 9.17) is 18.9 Å². The lowest BCUT2D eigenvalue weighted by atomic mass is 9.65. The molecule has 1 heterocycles. The number of carbonyl (C=O) groups excluding carboxylic acids is 2. The summed E-state index contributed by atoms with van der Waals surface area (Å²) >= 11 is 0. The van der Waals surface area contributed by atoms with Crippen molar-refractivity contribution in [2.75, 3.05) is 34.5 Å². The number of hydrogen-bond acceptors (Lipinski definition) is 6. The molecule has 2 fully saturated rings. The van der Waals surface area contributed by atoms with E-state index in [1.165, 1.54) is 0 Å². The Morgan fingerprint density at radius 3 is 2.26 bits per heavy atom. The van der Waals surface area contributed by atoms with Gasteiger partial charge in [0.1, 0.15) is 0 Å². The Kier molecular flexibility index (Phi) is 6.72. The molecular weight excluding hydrogens is 398 g/mol. The number of rotatable bonds is 8.